The fourth-order valence-corrected chi connectivity index (χ4v) is 2.36. The van der Waals surface area contributed by atoms with Gasteiger partial charge in [-0.25, -0.2) is 0 Å². The van der Waals surface area contributed by atoms with Gasteiger partial charge in [0.15, 0.2) is 0 Å². The Morgan fingerprint density at radius 2 is 2.11 bits per heavy atom. The van der Waals surface area contributed by atoms with Gasteiger partial charge in [0.1, 0.15) is 6.54 Å². The summed E-state index contributed by atoms with van der Waals surface area (Å²) < 4.78 is 1.99. The summed E-state index contributed by atoms with van der Waals surface area (Å²) in [6, 6.07) is 2.08. The predicted octanol–water partition coefficient (Wildman–Crippen LogP) is 1.61. The van der Waals surface area contributed by atoms with Crippen molar-refractivity contribution in [3.8, 4) is 0 Å². The van der Waals surface area contributed by atoms with Gasteiger partial charge in [0, 0.05) is 32.0 Å². The number of hydrogen-bond acceptors (Lipinski definition) is 2. The van der Waals surface area contributed by atoms with Gasteiger partial charge in [-0.05, 0) is 37.4 Å². The van der Waals surface area contributed by atoms with Gasteiger partial charge >= 0.3 is 0 Å². The molecule has 1 aliphatic heterocycles. The topological polar surface area (TPSA) is 37.3 Å². The van der Waals surface area contributed by atoms with Crippen LogP contribution in [0.1, 0.15) is 31.7 Å². The number of nitrogens with one attached hydrogen (secondary N) is 1. The summed E-state index contributed by atoms with van der Waals surface area (Å²) in [6.45, 7) is 6.29. The quantitative estimate of drug-likeness (QED) is 0.861. The molecule has 0 atom stereocenters. The fraction of sp³-hybridized carbons (Fsp3) is 0.643. The number of nitrogens with zero attached hydrogens (tertiary/aromatic N) is 2. The molecule has 0 unspecified atom stereocenters. The van der Waals surface area contributed by atoms with E-state index in [0.717, 1.165) is 39.0 Å². The highest BCUT2D eigenvalue weighted by Gasteiger charge is 2.16. The highest BCUT2D eigenvalue weighted by molar-refractivity contribution is 5.76. The average molecular weight is 249 g/mol. The van der Waals surface area contributed by atoms with Crippen LogP contribution >= 0.6 is 0 Å². The lowest BCUT2D eigenvalue weighted by Gasteiger charge is -2.26. The zero-order valence-corrected chi connectivity index (χ0v) is 11.2. The maximum absolute atomic E-state index is 12.1. The molecule has 0 saturated carbocycles. The Hall–Kier alpha value is -1.29. The maximum atomic E-state index is 12.1. The van der Waals surface area contributed by atoms with E-state index in [1.807, 2.05) is 15.7 Å². The summed E-state index contributed by atoms with van der Waals surface area (Å²) in [5.74, 6) is 0.250. The summed E-state index contributed by atoms with van der Waals surface area (Å²) in [7, 11) is 0. The third kappa shape index (κ3) is 3.60. The molecule has 0 radical (unpaired) electrons. The van der Waals surface area contributed by atoms with E-state index in [9.17, 15) is 4.79 Å². The summed E-state index contributed by atoms with van der Waals surface area (Å²) in [5, 5.41) is 3.29. The molecule has 18 heavy (non-hydrogen) atoms. The lowest BCUT2D eigenvalue weighted by atomic mass is 10.1. The monoisotopic (exact) mass is 249 g/mol. The molecule has 1 aromatic rings. The van der Waals surface area contributed by atoms with Crippen LogP contribution in [0.2, 0.25) is 0 Å². The first-order valence-electron chi connectivity index (χ1n) is 6.92. The molecule has 0 bridgehead atoms. The van der Waals surface area contributed by atoms with E-state index in [4.69, 9.17) is 0 Å². The molecule has 1 amide bonds. The summed E-state index contributed by atoms with van der Waals surface area (Å²) in [6.07, 6.45) is 7.63. The van der Waals surface area contributed by atoms with Crippen LogP contribution in [0.25, 0.3) is 0 Å². The maximum Gasteiger partial charge on any atom is 0.242 e. The Morgan fingerprint density at radius 3 is 2.83 bits per heavy atom. The van der Waals surface area contributed by atoms with Crippen LogP contribution in [-0.4, -0.2) is 35.0 Å². The molecule has 1 N–H and O–H groups in total. The fourth-order valence-electron chi connectivity index (χ4n) is 2.36. The van der Waals surface area contributed by atoms with Crippen molar-refractivity contribution in [2.75, 3.05) is 19.6 Å². The molecule has 100 valence electrons. The van der Waals surface area contributed by atoms with Gasteiger partial charge in [0.05, 0.1) is 0 Å². The minimum Gasteiger partial charge on any atom is -0.345 e. The standard InChI is InChI=1S/C14H23N3O/c1-2-15-10-13-6-9-16(11-13)12-14(18)17-7-4-3-5-8-17/h6,9,11,15H,2-5,7-8,10,12H2,1H3. The molecular weight excluding hydrogens is 226 g/mol. The van der Waals surface area contributed by atoms with Gasteiger partial charge in [0.2, 0.25) is 5.91 Å². The summed E-state index contributed by atoms with van der Waals surface area (Å²) in [5.41, 5.74) is 1.24. The number of carbonyl (C=O) groups is 1. The van der Waals surface area contributed by atoms with Crippen molar-refractivity contribution in [2.24, 2.45) is 0 Å². The number of rotatable bonds is 5. The SMILES string of the molecule is CCNCc1ccn(CC(=O)N2CCCCC2)c1. The molecule has 1 aromatic heterocycles. The number of piperidine rings is 1. The first-order chi connectivity index (χ1) is 8.79. The Kier molecular flexibility index (Phi) is 4.81. The second-order valence-electron chi connectivity index (χ2n) is 4.91. The minimum absolute atomic E-state index is 0.250. The number of likely N-dealkylation sites (tertiary alicyclic amines) is 1. The van der Waals surface area contributed by atoms with Gasteiger partial charge in [-0.1, -0.05) is 6.92 Å². The first kappa shape index (κ1) is 13.1. The highest BCUT2D eigenvalue weighted by atomic mass is 16.2. The van der Waals surface area contributed by atoms with E-state index in [1.54, 1.807) is 0 Å². The molecule has 1 saturated heterocycles. The first-order valence-corrected chi connectivity index (χ1v) is 6.92. The van der Waals surface area contributed by atoms with Gasteiger partial charge < -0.3 is 14.8 Å². The Morgan fingerprint density at radius 1 is 1.33 bits per heavy atom. The van der Waals surface area contributed by atoms with Crippen molar-refractivity contribution in [3.63, 3.8) is 0 Å². The number of carbonyl (C=O) groups excluding carboxylic acids is 1. The predicted molar refractivity (Wildman–Crippen MR) is 72.2 cm³/mol. The molecule has 1 fully saturated rings. The van der Waals surface area contributed by atoms with Crippen LogP contribution in [0.5, 0.6) is 0 Å². The van der Waals surface area contributed by atoms with Crippen molar-refractivity contribution >= 4 is 5.91 Å². The van der Waals surface area contributed by atoms with E-state index in [-0.39, 0.29) is 5.91 Å². The smallest absolute Gasteiger partial charge is 0.242 e. The average Bonchev–Trinajstić information content (AvgIpc) is 2.85. The summed E-state index contributed by atoms with van der Waals surface area (Å²) in [4.78, 5) is 14.1. The molecule has 0 aliphatic carbocycles. The lowest BCUT2D eigenvalue weighted by Crippen LogP contribution is -2.37. The molecule has 0 spiro atoms. The van der Waals surface area contributed by atoms with Crippen LogP contribution < -0.4 is 5.32 Å². The van der Waals surface area contributed by atoms with Crippen LogP contribution in [0.3, 0.4) is 0 Å². The van der Waals surface area contributed by atoms with Crippen molar-refractivity contribution in [2.45, 2.75) is 39.3 Å². The molecule has 0 aromatic carbocycles. The second-order valence-corrected chi connectivity index (χ2v) is 4.91. The largest absolute Gasteiger partial charge is 0.345 e. The molecule has 2 rings (SSSR count). The number of aromatic nitrogens is 1. The Labute approximate surface area is 109 Å². The number of amides is 1. The van der Waals surface area contributed by atoms with Crippen LogP contribution in [0.15, 0.2) is 18.5 Å². The molecule has 4 nitrogen and oxygen atoms in total. The van der Waals surface area contributed by atoms with E-state index >= 15 is 0 Å². The van der Waals surface area contributed by atoms with Gasteiger partial charge in [-0.15, -0.1) is 0 Å². The number of hydrogen-bond donors (Lipinski definition) is 1. The minimum atomic E-state index is 0.250. The van der Waals surface area contributed by atoms with Crippen LogP contribution in [0, 0.1) is 0 Å². The molecule has 4 heteroatoms. The third-order valence-corrected chi connectivity index (χ3v) is 3.42. The normalized spacial score (nSPS) is 15.9. The van der Waals surface area contributed by atoms with E-state index in [2.05, 4.69) is 24.5 Å². The Balaban J connectivity index is 1.84. The zero-order chi connectivity index (χ0) is 12.8. The molecular formula is C14H23N3O. The van der Waals surface area contributed by atoms with Crippen molar-refractivity contribution in [1.29, 1.82) is 0 Å². The van der Waals surface area contributed by atoms with Gasteiger partial charge in [-0.3, -0.25) is 4.79 Å². The highest BCUT2D eigenvalue weighted by Crippen LogP contribution is 2.10. The third-order valence-electron chi connectivity index (χ3n) is 3.42. The van der Waals surface area contributed by atoms with Gasteiger partial charge in [-0.2, -0.15) is 0 Å². The zero-order valence-electron chi connectivity index (χ0n) is 11.2. The second kappa shape index (κ2) is 6.59. The van der Waals surface area contributed by atoms with E-state index < -0.39 is 0 Å². The van der Waals surface area contributed by atoms with Crippen LogP contribution in [0.4, 0.5) is 0 Å². The van der Waals surface area contributed by atoms with Crippen LogP contribution in [-0.2, 0) is 17.9 Å². The molecule has 1 aliphatic rings. The van der Waals surface area contributed by atoms with E-state index in [0.29, 0.717) is 6.54 Å². The van der Waals surface area contributed by atoms with Crippen molar-refractivity contribution in [3.05, 3.63) is 24.0 Å². The van der Waals surface area contributed by atoms with Crippen molar-refractivity contribution < 1.29 is 4.79 Å². The lowest BCUT2D eigenvalue weighted by molar-refractivity contribution is -0.132. The van der Waals surface area contributed by atoms with E-state index in [1.165, 1.54) is 12.0 Å². The van der Waals surface area contributed by atoms with Gasteiger partial charge in [0.25, 0.3) is 0 Å². The Bertz CT molecular complexity index is 380. The summed E-state index contributed by atoms with van der Waals surface area (Å²) >= 11 is 0. The van der Waals surface area contributed by atoms with Crippen molar-refractivity contribution in [1.82, 2.24) is 14.8 Å². The molecule has 2 heterocycles.